The molecule has 118 valence electrons. The summed E-state index contributed by atoms with van der Waals surface area (Å²) in [5.74, 6) is 1.34. The number of amides is 1. The second-order valence-corrected chi connectivity index (χ2v) is 6.31. The maximum absolute atomic E-state index is 12.4. The van der Waals surface area contributed by atoms with E-state index in [1.165, 1.54) is 19.3 Å². The zero-order valence-electron chi connectivity index (χ0n) is 12.7. The van der Waals surface area contributed by atoms with Crippen LogP contribution in [0, 0.1) is 17.8 Å². The number of rotatable bonds is 6. The molecule has 1 N–H and O–H groups in total. The van der Waals surface area contributed by atoms with Crippen LogP contribution in [0.25, 0.3) is 0 Å². The molecule has 1 amide bonds. The molecule has 0 heterocycles. The first-order valence-electron chi connectivity index (χ1n) is 7.75. The molecule has 2 aliphatic carbocycles. The van der Waals surface area contributed by atoms with Crippen LogP contribution in [0.1, 0.15) is 24.8 Å². The van der Waals surface area contributed by atoms with Crippen LogP contribution in [-0.4, -0.2) is 35.5 Å². The lowest BCUT2D eigenvalue weighted by Crippen LogP contribution is -2.29. The molecule has 22 heavy (non-hydrogen) atoms. The predicted molar refractivity (Wildman–Crippen MR) is 80.4 cm³/mol. The molecule has 0 saturated heterocycles. The summed E-state index contributed by atoms with van der Waals surface area (Å²) in [6.07, 6.45) is 3.70. The largest absolute Gasteiger partial charge is 0.482 e. The van der Waals surface area contributed by atoms with Gasteiger partial charge in [-0.05, 0) is 42.4 Å². The summed E-state index contributed by atoms with van der Waals surface area (Å²) in [5.41, 5.74) is 1.02. The first-order valence-corrected chi connectivity index (χ1v) is 7.75. The van der Waals surface area contributed by atoms with E-state index in [2.05, 4.69) is 0 Å². The highest BCUT2D eigenvalue weighted by atomic mass is 16.5. The third kappa shape index (κ3) is 3.08. The molecule has 5 nitrogen and oxygen atoms in total. The number of carboxylic acids is 1. The van der Waals surface area contributed by atoms with Crippen molar-refractivity contribution < 1.29 is 19.4 Å². The van der Waals surface area contributed by atoms with Gasteiger partial charge in [-0.15, -0.1) is 0 Å². The molecular formula is C17H21NO4. The van der Waals surface area contributed by atoms with Gasteiger partial charge in [0.05, 0.1) is 0 Å². The molecule has 2 fully saturated rings. The van der Waals surface area contributed by atoms with Crippen LogP contribution in [0.3, 0.4) is 0 Å². The van der Waals surface area contributed by atoms with E-state index in [-0.39, 0.29) is 18.4 Å². The van der Waals surface area contributed by atoms with Gasteiger partial charge in [-0.3, -0.25) is 4.79 Å². The lowest BCUT2D eigenvalue weighted by Gasteiger charge is -2.18. The average Bonchev–Trinajstić information content (AvgIpc) is 2.97. The van der Waals surface area contributed by atoms with Gasteiger partial charge in [-0.25, -0.2) is 4.79 Å². The molecule has 2 atom stereocenters. The molecule has 0 aliphatic heterocycles. The van der Waals surface area contributed by atoms with Crippen LogP contribution in [0.5, 0.6) is 5.75 Å². The van der Waals surface area contributed by atoms with E-state index in [1.807, 2.05) is 19.2 Å². The highest BCUT2D eigenvalue weighted by Crippen LogP contribution is 2.58. The van der Waals surface area contributed by atoms with Crippen LogP contribution in [-0.2, 0) is 16.1 Å². The zero-order chi connectivity index (χ0) is 15.7. The highest BCUT2D eigenvalue weighted by molar-refractivity contribution is 5.82. The molecule has 0 radical (unpaired) electrons. The molecule has 1 aromatic carbocycles. The molecule has 0 aromatic heterocycles. The summed E-state index contributed by atoms with van der Waals surface area (Å²) in [5, 5.41) is 8.57. The van der Waals surface area contributed by atoms with Crippen molar-refractivity contribution in [1.82, 2.24) is 4.90 Å². The maximum Gasteiger partial charge on any atom is 0.341 e. The number of carboxylic acid groups (broad SMARTS) is 1. The molecule has 0 bridgehead atoms. The Balaban J connectivity index is 1.52. The number of nitrogens with zero attached hydrogens (tertiary/aromatic N) is 1. The van der Waals surface area contributed by atoms with Crippen LogP contribution in [0.2, 0.25) is 0 Å². The number of carbonyl (C=O) groups excluding carboxylic acids is 1. The molecule has 2 unspecified atom stereocenters. The topological polar surface area (TPSA) is 66.8 Å². The quantitative estimate of drug-likeness (QED) is 0.874. The first-order chi connectivity index (χ1) is 10.6. The number of carbonyl (C=O) groups is 2. The minimum Gasteiger partial charge on any atom is -0.482 e. The summed E-state index contributed by atoms with van der Waals surface area (Å²) >= 11 is 0. The van der Waals surface area contributed by atoms with Crippen LogP contribution in [0.15, 0.2) is 24.3 Å². The van der Waals surface area contributed by atoms with Crippen molar-refractivity contribution in [2.75, 3.05) is 13.7 Å². The number of hydrogen-bond acceptors (Lipinski definition) is 3. The van der Waals surface area contributed by atoms with Gasteiger partial charge in [0.2, 0.25) is 5.91 Å². The van der Waals surface area contributed by atoms with Crippen molar-refractivity contribution in [1.29, 1.82) is 0 Å². The first kappa shape index (κ1) is 14.9. The fraction of sp³-hybridized carbons (Fsp3) is 0.529. The second-order valence-electron chi connectivity index (χ2n) is 6.31. The summed E-state index contributed by atoms with van der Waals surface area (Å²) in [7, 11) is 1.85. The van der Waals surface area contributed by atoms with E-state index >= 15 is 0 Å². The summed E-state index contributed by atoms with van der Waals surface area (Å²) in [4.78, 5) is 24.6. The van der Waals surface area contributed by atoms with Gasteiger partial charge in [0, 0.05) is 19.5 Å². The SMILES string of the molecule is CN(Cc1ccc(OCC(=O)O)cc1)C(=O)C1C2CCCC21. The van der Waals surface area contributed by atoms with Gasteiger partial charge in [-0.1, -0.05) is 18.6 Å². The van der Waals surface area contributed by atoms with Crippen LogP contribution >= 0.6 is 0 Å². The highest BCUT2D eigenvalue weighted by Gasteiger charge is 2.57. The molecule has 0 spiro atoms. The Kier molecular flexibility index (Phi) is 4.05. The fourth-order valence-corrected chi connectivity index (χ4v) is 3.63. The third-order valence-corrected chi connectivity index (χ3v) is 4.77. The minimum absolute atomic E-state index is 0.261. The number of fused-ring (bicyclic) bond motifs is 1. The normalized spacial score (nSPS) is 25.4. The number of benzene rings is 1. The second kappa shape index (κ2) is 5.99. The maximum atomic E-state index is 12.4. The Morgan fingerprint density at radius 2 is 1.86 bits per heavy atom. The van der Waals surface area contributed by atoms with Gasteiger partial charge >= 0.3 is 5.97 Å². The van der Waals surface area contributed by atoms with Gasteiger partial charge < -0.3 is 14.7 Å². The van der Waals surface area contributed by atoms with Gasteiger partial charge in [-0.2, -0.15) is 0 Å². The lowest BCUT2D eigenvalue weighted by atomic mass is 10.1. The number of ether oxygens (including phenoxy) is 1. The van der Waals surface area contributed by atoms with Crippen molar-refractivity contribution in [3.63, 3.8) is 0 Å². The molecular weight excluding hydrogens is 282 g/mol. The Bertz CT molecular complexity index is 559. The third-order valence-electron chi connectivity index (χ3n) is 4.77. The van der Waals surface area contributed by atoms with E-state index in [0.29, 0.717) is 24.1 Å². The van der Waals surface area contributed by atoms with Crippen LogP contribution < -0.4 is 4.74 Å². The van der Waals surface area contributed by atoms with Gasteiger partial charge in [0.25, 0.3) is 0 Å². The Morgan fingerprint density at radius 3 is 2.45 bits per heavy atom. The summed E-state index contributed by atoms with van der Waals surface area (Å²) in [6, 6.07) is 7.22. The van der Waals surface area contributed by atoms with Crippen molar-refractivity contribution in [2.45, 2.75) is 25.8 Å². The molecule has 2 aliphatic rings. The average molecular weight is 303 g/mol. The van der Waals surface area contributed by atoms with Gasteiger partial charge in [0.1, 0.15) is 5.75 Å². The zero-order valence-corrected chi connectivity index (χ0v) is 12.7. The Labute approximate surface area is 129 Å². The monoisotopic (exact) mass is 303 g/mol. The summed E-state index contributed by atoms with van der Waals surface area (Å²) < 4.78 is 5.09. The number of hydrogen-bond donors (Lipinski definition) is 1. The van der Waals surface area contributed by atoms with Crippen molar-refractivity contribution >= 4 is 11.9 Å². The summed E-state index contributed by atoms with van der Waals surface area (Å²) in [6.45, 7) is 0.232. The predicted octanol–water partition coefficient (Wildman–Crippen LogP) is 2.15. The number of aliphatic carboxylic acids is 1. The standard InChI is InChI=1S/C17H21NO4/c1-18(17(21)16-13-3-2-4-14(13)16)9-11-5-7-12(8-6-11)22-10-15(19)20/h5-8,13-14,16H,2-4,9-10H2,1H3,(H,19,20). The van der Waals surface area contributed by atoms with E-state index in [9.17, 15) is 9.59 Å². The Hall–Kier alpha value is -2.04. The minimum atomic E-state index is -0.996. The van der Waals surface area contributed by atoms with E-state index in [0.717, 1.165) is 5.56 Å². The Morgan fingerprint density at radius 1 is 1.23 bits per heavy atom. The van der Waals surface area contributed by atoms with Crippen LogP contribution in [0.4, 0.5) is 0 Å². The van der Waals surface area contributed by atoms with Gasteiger partial charge in [0.15, 0.2) is 6.61 Å². The fourth-order valence-electron chi connectivity index (χ4n) is 3.63. The lowest BCUT2D eigenvalue weighted by molar-refractivity contribution is -0.139. The molecule has 1 aromatic rings. The molecule has 5 heteroatoms. The van der Waals surface area contributed by atoms with Crippen molar-refractivity contribution in [3.8, 4) is 5.75 Å². The van der Waals surface area contributed by atoms with Crippen molar-refractivity contribution in [3.05, 3.63) is 29.8 Å². The van der Waals surface area contributed by atoms with E-state index < -0.39 is 5.97 Å². The molecule has 2 saturated carbocycles. The van der Waals surface area contributed by atoms with E-state index in [1.54, 1.807) is 17.0 Å². The smallest absolute Gasteiger partial charge is 0.341 e. The molecule has 3 rings (SSSR count). The van der Waals surface area contributed by atoms with Crippen molar-refractivity contribution in [2.24, 2.45) is 17.8 Å². The van der Waals surface area contributed by atoms with E-state index in [4.69, 9.17) is 9.84 Å².